The van der Waals surface area contributed by atoms with Gasteiger partial charge in [-0.05, 0) is 31.2 Å². The maximum atomic E-state index is 12.2. The number of ketones is 1. The Kier molecular flexibility index (Phi) is 5.50. The quantitative estimate of drug-likeness (QED) is 0.275. The third kappa shape index (κ3) is 4.06. The molecule has 0 bridgehead atoms. The van der Waals surface area contributed by atoms with E-state index in [4.69, 9.17) is 16.3 Å². The molecular formula is C18H15ClO3. The van der Waals surface area contributed by atoms with Crippen LogP contribution in [0.25, 0.3) is 0 Å². The van der Waals surface area contributed by atoms with Gasteiger partial charge in [0.15, 0.2) is 5.78 Å². The van der Waals surface area contributed by atoms with E-state index in [0.29, 0.717) is 22.4 Å². The molecule has 0 aliphatic heterocycles. The van der Waals surface area contributed by atoms with Crippen LogP contribution in [0.1, 0.15) is 22.8 Å². The summed E-state index contributed by atoms with van der Waals surface area (Å²) in [6, 6.07) is 15.5. The molecule has 112 valence electrons. The van der Waals surface area contributed by atoms with Crippen molar-refractivity contribution >= 4 is 23.4 Å². The molecule has 0 spiro atoms. The van der Waals surface area contributed by atoms with Crippen LogP contribution in [0.5, 0.6) is 5.75 Å². The molecule has 0 aliphatic rings. The molecule has 0 atom stereocenters. The number of benzene rings is 2. The summed E-state index contributed by atoms with van der Waals surface area (Å²) in [6.07, 6.45) is 1.58. The Morgan fingerprint density at radius 1 is 1.00 bits per heavy atom. The fraction of sp³-hybridized carbons (Fsp3) is 0.111. The Morgan fingerprint density at radius 2 is 1.59 bits per heavy atom. The molecule has 2 aromatic carbocycles. The van der Waals surface area contributed by atoms with Crippen LogP contribution in [-0.4, -0.2) is 17.6 Å². The highest BCUT2D eigenvalue weighted by atomic mass is 35.5. The predicted octanol–water partition coefficient (Wildman–Crippen LogP) is 4.01. The van der Waals surface area contributed by atoms with Crippen molar-refractivity contribution in [1.82, 2.24) is 0 Å². The highest BCUT2D eigenvalue weighted by Crippen LogP contribution is 2.16. The van der Waals surface area contributed by atoms with Crippen LogP contribution in [-0.2, 0) is 4.79 Å². The van der Waals surface area contributed by atoms with Crippen molar-refractivity contribution < 1.29 is 14.3 Å². The van der Waals surface area contributed by atoms with E-state index >= 15 is 0 Å². The topological polar surface area (TPSA) is 43.4 Å². The molecule has 0 radical (unpaired) electrons. The number of alkyl halides is 1. The second-order valence-electron chi connectivity index (χ2n) is 4.65. The SMILES string of the molecule is C/C(=C\CCl)C(=O)Oc1ccc(C(=O)c2ccccc2)cc1. The molecule has 4 heteroatoms. The third-order valence-electron chi connectivity index (χ3n) is 3.07. The Balaban J connectivity index is 2.09. The summed E-state index contributed by atoms with van der Waals surface area (Å²) in [5.74, 6) is 0.113. The summed E-state index contributed by atoms with van der Waals surface area (Å²) in [6.45, 7) is 1.64. The molecular weight excluding hydrogens is 300 g/mol. The molecule has 0 saturated heterocycles. The smallest absolute Gasteiger partial charge is 0.338 e. The fourth-order valence-corrected chi connectivity index (χ4v) is 2.05. The lowest BCUT2D eigenvalue weighted by atomic mass is 10.0. The molecule has 2 rings (SSSR count). The minimum Gasteiger partial charge on any atom is -0.423 e. The van der Waals surface area contributed by atoms with Gasteiger partial charge in [-0.2, -0.15) is 0 Å². The van der Waals surface area contributed by atoms with Crippen LogP contribution >= 0.6 is 11.6 Å². The van der Waals surface area contributed by atoms with Crippen LogP contribution in [0.15, 0.2) is 66.2 Å². The number of carbonyl (C=O) groups is 2. The van der Waals surface area contributed by atoms with Gasteiger partial charge in [0, 0.05) is 22.6 Å². The number of esters is 1. The maximum Gasteiger partial charge on any atom is 0.338 e. The van der Waals surface area contributed by atoms with E-state index in [1.165, 1.54) is 0 Å². The van der Waals surface area contributed by atoms with Crippen LogP contribution in [0, 0.1) is 0 Å². The lowest BCUT2D eigenvalue weighted by molar-refractivity contribution is -0.130. The van der Waals surface area contributed by atoms with Crippen molar-refractivity contribution in [1.29, 1.82) is 0 Å². The minimum absolute atomic E-state index is 0.0725. The van der Waals surface area contributed by atoms with Gasteiger partial charge in [0.2, 0.25) is 0 Å². The summed E-state index contributed by atoms with van der Waals surface area (Å²) < 4.78 is 5.19. The summed E-state index contributed by atoms with van der Waals surface area (Å²) >= 11 is 5.54. The molecule has 0 saturated carbocycles. The van der Waals surface area contributed by atoms with Gasteiger partial charge in [-0.15, -0.1) is 11.6 Å². The number of rotatable bonds is 5. The Morgan fingerprint density at radius 3 is 2.18 bits per heavy atom. The van der Waals surface area contributed by atoms with Crippen LogP contribution in [0.3, 0.4) is 0 Å². The fourth-order valence-electron chi connectivity index (χ4n) is 1.82. The molecule has 0 N–H and O–H groups in total. The Hall–Kier alpha value is -2.39. The molecule has 0 unspecified atom stereocenters. The van der Waals surface area contributed by atoms with Crippen molar-refractivity contribution in [3.8, 4) is 5.75 Å². The van der Waals surface area contributed by atoms with Crippen molar-refractivity contribution in [3.05, 3.63) is 77.4 Å². The van der Waals surface area contributed by atoms with Gasteiger partial charge in [-0.1, -0.05) is 36.4 Å². The number of carbonyl (C=O) groups excluding carboxylic acids is 2. The van der Waals surface area contributed by atoms with E-state index in [1.54, 1.807) is 49.4 Å². The number of hydrogen-bond donors (Lipinski definition) is 0. The van der Waals surface area contributed by atoms with Gasteiger partial charge >= 0.3 is 5.97 Å². The van der Waals surface area contributed by atoms with Crippen molar-refractivity contribution in [2.24, 2.45) is 0 Å². The summed E-state index contributed by atoms with van der Waals surface area (Å²) in [5, 5.41) is 0. The maximum absolute atomic E-state index is 12.2. The van der Waals surface area contributed by atoms with Crippen molar-refractivity contribution in [2.45, 2.75) is 6.92 Å². The highest BCUT2D eigenvalue weighted by molar-refractivity contribution is 6.19. The van der Waals surface area contributed by atoms with Crippen LogP contribution in [0.4, 0.5) is 0 Å². The molecule has 0 aromatic heterocycles. The molecule has 0 fully saturated rings. The van der Waals surface area contributed by atoms with Gasteiger partial charge < -0.3 is 4.74 Å². The molecule has 0 aliphatic carbocycles. The van der Waals surface area contributed by atoms with E-state index in [2.05, 4.69) is 0 Å². The van der Waals surface area contributed by atoms with Crippen molar-refractivity contribution in [2.75, 3.05) is 5.88 Å². The average molecular weight is 315 g/mol. The zero-order valence-electron chi connectivity index (χ0n) is 12.1. The van der Waals surface area contributed by atoms with Crippen molar-refractivity contribution in [3.63, 3.8) is 0 Å². The molecule has 2 aromatic rings. The normalized spacial score (nSPS) is 11.1. The molecule has 22 heavy (non-hydrogen) atoms. The van der Waals surface area contributed by atoms with Gasteiger partial charge in [0.05, 0.1) is 0 Å². The lowest BCUT2D eigenvalue weighted by Crippen LogP contribution is -2.09. The summed E-state index contributed by atoms with van der Waals surface area (Å²) in [7, 11) is 0. The number of halogens is 1. The van der Waals surface area contributed by atoms with Crippen LogP contribution < -0.4 is 4.74 Å². The van der Waals surface area contributed by atoms with E-state index in [0.717, 1.165) is 0 Å². The number of ether oxygens (including phenoxy) is 1. The molecule has 3 nitrogen and oxygen atoms in total. The second-order valence-corrected chi connectivity index (χ2v) is 4.96. The number of hydrogen-bond acceptors (Lipinski definition) is 3. The first kappa shape index (κ1) is 16.0. The van der Waals surface area contributed by atoms with Gasteiger partial charge in [-0.3, -0.25) is 4.79 Å². The van der Waals surface area contributed by atoms with E-state index in [9.17, 15) is 9.59 Å². The van der Waals surface area contributed by atoms with E-state index in [-0.39, 0.29) is 11.7 Å². The second kappa shape index (κ2) is 7.57. The minimum atomic E-state index is -0.456. The first-order valence-electron chi connectivity index (χ1n) is 6.76. The largest absolute Gasteiger partial charge is 0.423 e. The standard InChI is InChI=1S/C18H15ClO3/c1-13(11-12-19)18(21)22-16-9-7-15(8-10-16)17(20)14-5-3-2-4-6-14/h2-11H,12H2,1H3/b13-11+. The van der Waals surface area contributed by atoms with E-state index < -0.39 is 5.97 Å². The summed E-state index contributed by atoms with van der Waals surface area (Å²) in [5.41, 5.74) is 1.60. The number of allylic oxidation sites excluding steroid dienone is 1. The van der Waals surface area contributed by atoms with Crippen LogP contribution in [0.2, 0.25) is 0 Å². The molecule has 0 heterocycles. The average Bonchev–Trinajstić information content (AvgIpc) is 2.56. The van der Waals surface area contributed by atoms with E-state index in [1.807, 2.05) is 18.2 Å². The van der Waals surface area contributed by atoms with Gasteiger partial charge in [0.1, 0.15) is 5.75 Å². The molecule has 0 amide bonds. The first-order valence-corrected chi connectivity index (χ1v) is 7.30. The third-order valence-corrected chi connectivity index (χ3v) is 3.22. The zero-order valence-corrected chi connectivity index (χ0v) is 12.8. The lowest BCUT2D eigenvalue weighted by Gasteiger charge is -2.06. The van der Waals surface area contributed by atoms with Gasteiger partial charge in [-0.25, -0.2) is 4.79 Å². The predicted molar refractivity (Wildman–Crippen MR) is 86.4 cm³/mol. The monoisotopic (exact) mass is 314 g/mol. The Bertz CT molecular complexity index is 688. The summed E-state index contributed by atoms with van der Waals surface area (Å²) in [4.78, 5) is 24.0. The Labute approximate surface area is 134 Å². The van der Waals surface area contributed by atoms with Gasteiger partial charge in [0.25, 0.3) is 0 Å². The highest BCUT2D eigenvalue weighted by Gasteiger charge is 2.10. The first-order chi connectivity index (χ1) is 10.6. The zero-order chi connectivity index (χ0) is 15.9.